The molecule has 12 heteroatoms. The van der Waals surface area contributed by atoms with E-state index in [1.54, 1.807) is 0 Å². The summed E-state index contributed by atoms with van der Waals surface area (Å²) >= 11 is 0. The fraction of sp³-hybridized carbons (Fsp3) is 0.417. The summed E-state index contributed by atoms with van der Waals surface area (Å²) in [5.41, 5.74) is 7.73. The van der Waals surface area contributed by atoms with Gasteiger partial charge in [0.25, 0.3) is 0 Å². The molecular formula is C48H68N4O8. The lowest BCUT2D eigenvalue weighted by molar-refractivity contribution is 0.159. The molecule has 4 aromatic carbocycles. The van der Waals surface area contributed by atoms with Gasteiger partial charge in [-0.05, 0) is 102 Å². The van der Waals surface area contributed by atoms with Crippen LogP contribution in [0.15, 0.2) is 97.1 Å². The van der Waals surface area contributed by atoms with Crippen molar-refractivity contribution >= 4 is 47.1 Å². The molecule has 60 heavy (non-hydrogen) atoms. The van der Waals surface area contributed by atoms with Crippen LogP contribution in [0, 0.1) is 27.7 Å². The first-order valence-electron chi connectivity index (χ1n) is 20.9. The SMILES string of the molecule is CCCCOC(=O)Nc1ccc(C)cc1.CCCCOC(=O)Nc1ccc(C)cc1.CCCCOC(=O)Nc1ccc(C)cc1.CCCCOC(=O)Nc1ccc(C)cc1. The minimum atomic E-state index is -0.382. The number of hydrogen-bond donors (Lipinski definition) is 4. The maximum absolute atomic E-state index is 11.2. The van der Waals surface area contributed by atoms with Crippen molar-refractivity contribution < 1.29 is 38.1 Å². The molecular weight excluding hydrogens is 761 g/mol. The van der Waals surface area contributed by atoms with E-state index in [1.807, 2.05) is 125 Å². The Kier molecular flexibility index (Phi) is 28.5. The summed E-state index contributed by atoms with van der Waals surface area (Å²) in [6.07, 6.45) is 6.19. The van der Waals surface area contributed by atoms with Gasteiger partial charge in [-0.2, -0.15) is 0 Å². The highest BCUT2D eigenvalue weighted by Crippen LogP contribution is 2.12. The highest BCUT2D eigenvalue weighted by Gasteiger charge is 2.04. The first kappa shape index (κ1) is 52.0. The topological polar surface area (TPSA) is 153 Å². The van der Waals surface area contributed by atoms with E-state index in [2.05, 4.69) is 49.0 Å². The molecule has 0 unspecified atom stereocenters. The fourth-order valence-electron chi connectivity index (χ4n) is 4.40. The predicted molar refractivity (Wildman–Crippen MR) is 244 cm³/mol. The van der Waals surface area contributed by atoms with Gasteiger partial charge in [-0.15, -0.1) is 0 Å². The molecule has 12 nitrogen and oxygen atoms in total. The smallest absolute Gasteiger partial charge is 0.411 e. The number of carbonyl (C=O) groups excluding carboxylic acids is 4. The second-order valence-electron chi connectivity index (χ2n) is 13.9. The van der Waals surface area contributed by atoms with Crippen molar-refractivity contribution in [2.45, 2.75) is 107 Å². The van der Waals surface area contributed by atoms with Crippen LogP contribution in [-0.2, 0) is 18.9 Å². The van der Waals surface area contributed by atoms with E-state index in [4.69, 9.17) is 18.9 Å². The minimum Gasteiger partial charge on any atom is -0.449 e. The molecule has 0 saturated heterocycles. The van der Waals surface area contributed by atoms with Crippen LogP contribution in [0.4, 0.5) is 41.9 Å². The summed E-state index contributed by atoms with van der Waals surface area (Å²) in [4.78, 5) is 45.0. The number of benzene rings is 4. The highest BCUT2D eigenvalue weighted by atomic mass is 16.6. The van der Waals surface area contributed by atoms with E-state index in [0.29, 0.717) is 26.4 Å². The third-order valence-electron chi connectivity index (χ3n) is 8.12. The van der Waals surface area contributed by atoms with E-state index in [9.17, 15) is 19.2 Å². The molecule has 0 radical (unpaired) electrons. The van der Waals surface area contributed by atoms with Crippen molar-refractivity contribution in [1.29, 1.82) is 0 Å². The molecule has 4 amide bonds. The molecule has 0 saturated carbocycles. The molecule has 0 fully saturated rings. The second-order valence-corrected chi connectivity index (χ2v) is 13.9. The number of amides is 4. The predicted octanol–water partition coefficient (Wildman–Crippen LogP) is 13.4. The highest BCUT2D eigenvalue weighted by molar-refractivity contribution is 5.86. The first-order valence-corrected chi connectivity index (χ1v) is 20.9. The first-order chi connectivity index (χ1) is 28.9. The van der Waals surface area contributed by atoms with Gasteiger partial charge in [0.1, 0.15) is 0 Å². The normalized spacial score (nSPS) is 9.73. The van der Waals surface area contributed by atoms with Gasteiger partial charge in [0.2, 0.25) is 0 Å². The fourth-order valence-corrected chi connectivity index (χ4v) is 4.40. The molecule has 0 bridgehead atoms. The zero-order valence-electron chi connectivity index (χ0n) is 37.0. The summed E-state index contributed by atoms with van der Waals surface area (Å²) in [5.74, 6) is 0. The standard InChI is InChI=1S/4C12H17NO2/c4*1-3-4-9-15-12(14)13-11-7-5-10(2)6-8-11/h4*5-8H,3-4,9H2,1-2H3,(H,13,14). The number of aryl methyl sites for hydroxylation is 4. The molecule has 0 aromatic heterocycles. The number of anilines is 4. The van der Waals surface area contributed by atoms with Gasteiger partial charge in [0, 0.05) is 22.7 Å². The van der Waals surface area contributed by atoms with E-state index in [1.165, 1.54) is 22.3 Å². The summed E-state index contributed by atoms with van der Waals surface area (Å²) in [7, 11) is 0. The zero-order chi connectivity index (χ0) is 44.4. The lowest BCUT2D eigenvalue weighted by atomic mass is 10.2. The average molecular weight is 829 g/mol. The molecule has 0 aliphatic heterocycles. The summed E-state index contributed by atoms with van der Waals surface area (Å²) < 4.78 is 19.9. The Morgan fingerprint density at radius 3 is 0.650 bits per heavy atom. The molecule has 4 aromatic rings. The third kappa shape index (κ3) is 27.6. The number of nitrogens with one attached hydrogen (secondary N) is 4. The summed E-state index contributed by atoms with van der Waals surface area (Å²) in [5, 5.41) is 10.7. The summed E-state index contributed by atoms with van der Waals surface area (Å²) in [6.45, 7) is 18.2. The Morgan fingerprint density at radius 2 is 0.500 bits per heavy atom. The maximum atomic E-state index is 11.2. The van der Waals surface area contributed by atoms with Gasteiger partial charge >= 0.3 is 24.4 Å². The number of carbonyl (C=O) groups is 4. The Bertz CT molecular complexity index is 1490. The van der Waals surface area contributed by atoms with Gasteiger partial charge in [0.15, 0.2) is 0 Å². The van der Waals surface area contributed by atoms with Crippen LogP contribution in [0.3, 0.4) is 0 Å². The van der Waals surface area contributed by atoms with Crippen LogP contribution >= 0.6 is 0 Å². The molecule has 328 valence electrons. The molecule has 0 aliphatic carbocycles. The Labute approximate surface area is 358 Å². The van der Waals surface area contributed by atoms with Crippen molar-refractivity contribution in [2.75, 3.05) is 47.7 Å². The molecule has 4 rings (SSSR count). The van der Waals surface area contributed by atoms with Gasteiger partial charge in [-0.1, -0.05) is 124 Å². The Hall–Kier alpha value is -6.04. The molecule has 0 atom stereocenters. The van der Waals surface area contributed by atoms with Crippen LogP contribution in [0.25, 0.3) is 0 Å². The molecule has 0 spiro atoms. The van der Waals surface area contributed by atoms with E-state index in [0.717, 1.165) is 74.1 Å². The van der Waals surface area contributed by atoms with Crippen LogP contribution in [-0.4, -0.2) is 50.8 Å². The number of unbranched alkanes of at least 4 members (excludes halogenated alkanes) is 4. The maximum Gasteiger partial charge on any atom is 0.411 e. The van der Waals surface area contributed by atoms with Crippen LogP contribution in [0.1, 0.15) is 101 Å². The quantitative estimate of drug-likeness (QED) is 0.0643. The lowest BCUT2D eigenvalue weighted by Gasteiger charge is -2.06. The number of hydrogen-bond acceptors (Lipinski definition) is 8. The molecule has 0 heterocycles. The largest absolute Gasteiger partial charge is 0.449 e. The number of rotatable bonds is 16. The second kappa shape index (κ2) is 32.9. The Morgan fingerprint density at radius 1 is 0.333 bits per heavy atom. The van der Waals surface area contributed by atoms with E-state index < -0.39 is 0 Å². The van der Waals surface area contributed by atoms with E-state index in [-0.39, 0.29) is 24.4 Å². The van der Waals surface area contributed by atoms with Crippen LogP contribution in [0.5, 0.6) is 0 Å². The monoisotopic (exact) mass is 829 g/mol. The summed E-state index contributed by atoms with van der Waals surface area (Å²) in [6, 6.07) is 30.4. The van der Waals surface area contributed by atoms with Gasteiger partial charge < -0.3 is 18.9 Å². The van der Waals surface area contributed by atoms with E-state index >= 15 is 0 Å². The lowest BCUT2D eigenvalue weighted by Crippen LogP contribution is -2.14. The van der Waals surface area contributed by atoms with Gasteiger partial charge in [-0.3, -0.25) is 21.3 Å². The van der Waals surface area contributed by atoms with Crippen molar-refractivity contribution in [2.24, 2.45) is 0 Å². The third-order valence-corrected chi connectivity index (χ3v) is 8.12. The van der Waals surface area contributed by atoms with Crippen LogP contribution < -0.4 is 21.3 Å². The van der Waals surface area contributed by atoms with Crippen molar-refractivity contribution in [1.82, 2.24) is 0 Å². The number of ether oxygens (including phenoxy) is 4. The molecule has 0 aliphatic rings. The van der Waals surface area contributed by atoms with Crippen molar-refractivity contribution in [3.63, 3.8) is 0 Å². The van der Waals surface area contributed by atoms with Crippen LogP contribution in [0.2, 0.25) is 0 Å². The molecule has 4 N–H and O–H groups in total. The van der Waals surface area contributed by atoms with Crippen molar-refractivity contribution in [3.05, 3.63) is 119 Å². The Balaban J connectivity index is 0.000000400. The van der Waals surface area contributed by atoms with Gasteiger partial charge in [-0.25, -0.2) is 19.2 Å². The minimum absolute atomic E-state index is 0.382. The van der Waals surface area contributed by atoms with Crippen molar-refractivity contribution in [3.8, 4) is 0 Å². The average Bonchev–Trinajstić information content (AvgIpc) is 3.22. The zero-order valence-corrected chi connectivity index (χ0v) is 37.0. The van der Waals surface area contributed by atoms with Gasteiger partial charge in [0.05, 0.1) is 26.4 Å².